The van der Waals surface area contributed by atoms with Crippen LogP contribution in [-0.4, -0.2) is 25.1 Å². The Morgan fingerprint density at radius 2 is 1.79 bits per heavy atom. The Morgan fingerprint density at radius 1 is 1.10 bits per heavy atom. The number of aromatic nitrogens is 1. The van der Waals surface area contributed by atoms with Gasteiger partial charge in [-0.05, 0) is 42.0 Å². The predicted molar refractivity (Wildman–Crippen MR) is 121 cm³/mol. The molecular weight excluding hydrogens is 473 g/mol. The van der Waals surface area contributed by atoms with Crippen LogP contribution in [0.4, 0.5) is 10.8 Å². The molecule has 0 aliphatic carbocycles. The Labute approximate surface area is 186 Å². The lowest BCUT2D eigenvalue weighted by Crippen LogP contribution is -2.15. The first-order chi connectivity index (χ1) is 13.8. The van der Waals surface area contributed by atoms with Gasteiger partial charge < -0.3 is 5.32 Å². The van der Waals surface area contributed by atoms with E-state index >= 15 is 0 Å². The van der Waals surface area contributed by atoms with E-state index in [1.807, 2.05) is 0 Å². The minimum absolute atomic E-state index is 0.0773. The molecule has 11 heteroatoms. The predicted octanol–water partition coefficient (Wildman–Crippen LogP) is 5.12. The van der Waals surface area contributed by atoms with E-state index in [9.17, 15) is 13.2 Å². The molecule has 0 saturated heterocycles. The third kappa shape index (κ3) is 6.10. The largest absolute Gasteiger partial charge is 0.325 e. The zero-order chi connectivity index (χ0) is 20.9. The highest BCUT2D eigenvalue weighted by atomic mass is 35.5. The molecule has 3 rings (SSSR count). The number of nitrogens with zero attached hydrogens (tertiary/aromatic N) is 1. The highest BCUT2D eigenvalue weighted by Crippen LogP contribution is 2.28. The third-order valence-corrected chi connectivity index (χ3v) is 7.48. The molecule has 29 heavy (non-hydrogen) atoms. The highest BCUT2D eigenvalue weighted by Gasteiger charge is 2.15. The van der Waals surface area contributed by atoms with Crippen molar-refractivity contribution in [2.24, 2.45) is 0 Å². The van der Waals surface area contributed by atoms with Crippen LogP contribution in [0.3, 0.4) is 0 Å². The van der Waals surface area contributed by atoms with Crippen LogP contribution in [0, 0.1) is 0 Å². The molecular formula is C18H15Cl2N3O3S3. The number of rotatable bonds is 8. The van der Waals surface area contributed by atoms with Gasteiger partial charge in [-0.25, -0.2) is 13.4 Å². The van der Waals surface area contributed by atoms with Gasteiger partial charge in [-0.2, -0.15) is 0 Å². The summed E-state index contributed by atoms with van der Waals surface area (Å²) in [6, 6.07) is 11.2. The first kappa shape index (κ1) is 21.9. The number of carbonyl (C=O) groups excluding carboxylic acids is 1. The summed E-state index contributed by atoms with van der Waals surface area (Å²) in [4.78, 5) is 16.1. The molecule has 2 N–H and O–H groups in total. The molecule has 0 radical (unpaired) electrons. The lowest BCUT2D eigenvalue weighted by Gasteiger charge is -2.09. The second-order valence-electron chi connectivity index (χ2n) is 5.71. The molecule has 1 aromatic heterocycles. The van der Waals surface area contributed by atoms with E-state index in [1.165, 1.54) is 53.6 Å². The minimum Gasteiger partial charge on any atom is -0.325 e. The van der Waals surface area contributed by atoms with Crippen LogP contribution in [0.2, 0.25) is 10.0 Å². The van der Waals surface area contributed by atoms with Crippen LogP contribution in [0.5, 0.6) is 0 Å². The second-order valence-corrected chi connectivity index (χ2v) is 10.1. The van der Waals surface area contributed by atoms with Gasteiger partial charge in [0, 0.05) is 33.1 Å². The molecule has 152 valence electrons. The number of halogens is 2. The van der Waals surface area contributed by atoms with Gasteiger partial charge in [-0.15, -0.1) is 23.1 Å². The first-order valence-electron chi connectivity index (χ1n) is 8.18. The van der Waals surface area contributed by atoms with Gasteiger partial charge in [0.1, 0.15) is 0 Å². The van der Waals surface area contributed by atoms with Crippen molar-refractivity contribution in [3.63, 3.8) is 0 Å². The molecule has 0 bridgehead atoms. The third-order valence-electron chi connectivity index (χ3n) is 3.64. The Morgan fingerprint density at radius 3 is 2.41 bits per heavy atom. The Balaban J connectivity index is 1.53. The van der Waals surface area contributed by atoms with Crippen LogP contribution in [0.1, 0.15) is 5.56 Å². The maximum Gasteiger partial charge on any atom is 0.263 e. The van der Waals surface area contributed by atoms with Crippen molar-refractivity contribution in [2.75, 3.05) is 15.8 Å². The Kier molecular flexibility index (Phi) is 7.42. The molecule has 6 nitrogen and oxygen atoms in total. The molecule has 0 atom stereocenters. The number of sulfonamides is 1. The van der Waals surface area contributed by atoms with Gasteiger partial charge in [0.15, 0.2) is 5.13 Å². The van der Waals surface area contributed by atoms with Crippen molar-refractivity contribution in [1.82, 2.24) is 4.98 Å². The van der Waals surface area contributed by atoms with E-state index in [-0.39, 0.29) is 21.7 Å². The van der Waals surface area contributed by atoms with Gasteiger partial charge in [0.2, 0.25) is 5.91 Å². The number of hydrogen-bond acceptors (Lipinski definition) is 6. The van der Waals surface area contributed by atoms with Gasteiger partial charge in [0.25, 0.3) is 10.0 Å². The van der Waals surface area contributed by atoms with Crippen molar-refractivity contribution in [3.8, 4) is 0 Å². The Bertz CT molecular complexity index is 1070. The monoisotopic (exact) mass is 487 g/mol. The summed E-state index contributed by atoms with van der Waals surface area (Å²) in [6.45, 7) is 0. The number of amides is 1. The molecule has 2 aromatic carbocycles. The number of carbonyl (C=O) groups is 1. The smallest absolute Gasteiger partial charge is 0.263 e. The molecule has 3 aromatic rings. The quantitative estimate of drug-likeness (QED) is 0.460. The van der Waals surface area contributed by atoms with Crippen molar-refractivity contribution in [1.29, 1.82) is 0 Å². The fourth-order valence-corrected chi connectivity index (χ4v) is 5.63. The molecule has 0 spiro atoms. The summed E-state index contributed by atoms with van der Waals surface area (Å²) in [5.74, 6) is 0.494. The summed E-state index contributed by atoms with van der Waals surface area (Å²) in [6.07, 6.45) is 1.51. The number of anilines is 2. The second kappa shape index (κ2) is 9.82. The van der Waals surface area contributed by atoms with E-state index < -0.39 is 10.0 Å². The van der Waals surface area contributed by atoms with E-state index in [4.69, 9.17) is 23.2 Å². The molecule has 1 amide bonds. The van der Waals surface area contributed by atoms with Crippen LogP contribution in [0.25, 0.3) is 0 Å². The number of nitrogens with one attached hydrogen (secondary N) is 2. The zero-order valence-electron chi connectivity index (χ0n) is 14.8. The molecule has 0 aliphatic rings. The minimum atomic E-state index is -3.73. The van der Waals surface area contributed by atoms with Gasteiger partial charge >= 0.3 is 0 Å². The molecule has 1 heterocycles. The summed E-state index contributed by atoms with van der Waals surface area (Å²) in [5.41, 5.74) is 1.29. The van der Waals surface area contributed by atoms with Crippen molar-refractivity contribution >= 4 is 73.0 Å². The topological polar surface area (TPSA) is 88.2 Å². The van der Waals surface area contributed by atoms with Crippen LogP contribution >= 0.6 is 46.3 Å². The molecule has 0 saturated carbocycles. The molecule has 0 fully saturated rings. The van der Waals surface area contributed by atoms with Crippen LogP contribution < -0.4 is 10.0 Å². The number of thiazole rings is 1. The fourth-order valence-electron chi connectivity index (χ4n) is 2.28. The SMILES string of the molecule is O=C(CSCc1c(Cl)cccc1Cl)Nc1ccc(S(=O)(=O)Nc2nccs2)cc1. The average molecular weight is 488 g/mol. The highest BCUT2D eigenvalue weighted by molar-refractivity contribution is 7.99. The summed E-state index contributed by atoms with van der Waals surface area (Å²) < 4.78 is 27.0. The van der Waals surface area contributed by atoms with Gasteiger partial charge in [-0.1, -0.05) is 29.3 Å². The molecule has 0 unspecified atom stereocenters. The summed E-state index contributed by atoms with van der Waals surface area (Å²) in [5, 5.41) is 5.82. The summed E-state index contributed by atoms with van der Waals surface area (Å²) >= 11 is 14.8. The number of thioether (sulfide) groups is 1. The number of hydrogen-bond donors (Lipinski definition) is 2. The van der Waals surface area contributed by atoms with Crippen LogP contribution in [0.15, 0.2) is 58.9 Å². The molecule has 0 aliphatic heterocycles. The van der Waals surface area contributed by atoms with Gasteiger partial charge in [-0.3, -0.25) is 9.52 Å². The first-order valence-corrected chi connectivity index (χ1v) is 12.5. The lowest BCUT2D eigenvalue weighted by molar-refractivity contribution is -0.113. The summed E-state index contributed by atoms with van der Waals surface area (Å²) in [7, 11) is -3.73. The van der Waals surface area contributed by atoms with E-state index in [0.717, 1.165) is 5.56 Å². The van der Waals surface area contributed by atoms with E-state index in [0.29, 0.717) is 21.5 Å². The van der Waals surface area contributed by atoms with Crippen LogP contribution in [-0.2, 0) is 20.6 Å². The van der Waals surface area contributed by atoms with Crippen molar-refractivity contribution < 1.29 is 13.2 Å². The zero-order valence-corrected chi connectivity index (χ0v) is 18.7. The average Bonchev–Trinajstić information content (AvgIpc) is 3.17. The van der Waals surface area contributed by atoms with Crippen molar-refractivity contribution in [3.05, 3.63) is 69.7 Å². The van der Waals surface area contributed by atoms with Gasteiger partial charge in [0.05, 0.1) is 10.6 Å². The fraction of sp³-hybridized carbons (Fsp3) is 0.111. The maximum absolute atomic E-state index is 12.3. The van der Waals surface area contributed by atoms with Crippen molar-refractivity contribution in [2.45, 2.75) is 10.6 Å². The Hall–Kier alpha value is -1.78. The van der Waals surface area contributed by atoms with E-state index in [1.54, 1.807) is 23.6 Å². The van der Waals surface area contributed by atoms with E-state index in [2.05, 4.69) is 15.0 Å². The maximum atomic E-state index is 12.3. The standard InChI is InChI=1S/C18H15Cl2N3O3S3/c19-15-2-1-3-16(20)14(15)10-27-11-17(24)22-12-4-6-13(7-5-12)29(25,26)23-18-21-8-9-28-18/h1-9H,10-11H2,(H,21,23)(H,22,24). The normalized spacial score (nSPS) is 11.2. The number of benzene rings is 2. The lowest BCUT2D eigenvalue weighted by atomic mass is 10.2.